The summed E-state index contributed by atoms with van der Waals surface area (Å²) in [7, 11) is 3.56. The molecular formula is C17H26N4O2. The summed E-state index contributed by atoms with van der Waals surface area (Å²) in [5.74, 6) is 0.536. The molecule has 1 N–H and O–H groups in total. The zero-order chi connectivity index (χ0) is 17.0. The monoisotopic (exact) mass is 318 g/mol. The van der Waals surface area contributed by atoms with Gasteiger partial charge in [0.25, 0.3) is 0 Å². The number of aromatic nitrogens is 1. The molecule has 23 heavy (non-hydrogen) atoms. The molecule has 3 amide bonds. The third-order valence-corrected chi connectivity index (χ3v) is 4.42. The molecule has 1 fully saturated rings. The lowest BCUT2D eigenvalue weighted by atomic mass is 9.93. The van der Waals surface area contributed by atoms with Crippen molar-refractivity contribution < 1.29 is 9.59 Å². The quantitative estimate of drug-likeness (QED) is 0.931. The van der Waals surface area contributed by atoms with Gasteiger partial charge in [-0.3, -0.25) is 9.78 Å². The number of nitrogens with one attached hydrogen (secondary N) is 1. The van der Waals surface area contributed by atoms with Crippen molar-refractivity contribution in [2.75, 3.05) is 32.5 Å². The highest BCUT2D eigenvalue weighted by atomic mass is 16.2. The van der Waals surface area contributed by atoms with Crippen LogP contribution in [0.2, 0.25) is 0 Å². The van der Waals surface area contributed by atoms with Crippen molar-refractivity contribution >= 4 is 17.6 Å². The molecule has 0 atom stereocenters. The third-order valence-electron chi connectivity index (χ3n) is 4.42. The van der Waals surface area contributed by atoms with E-state index in [2.05, 4.69) is 10.3 Å². The van der Waals surface area contributed by atoms with E-state index >= 15 is 0 Å². The van der Waals surface area contributed by atoms with Crippen LogP contribution in [0.3, 0.4) is 0 Å². The topological polar surface area (TPSA) is 65.5 Å². The van der Waals surface area contributed by atoms with Gasteiger partial charge in [0.15, 0.2) is 0 Å². The molecule has 0 saturated carbocycles. The van der Waals surface area contributed by atoms with Crippen LogP contribution in [0.1, 0.15) is 30.4 Å². The Morgan fingerprint density at radius 1 is 1.22 bits per heavy atom. The summed E-state index contributed by atoms with van der Waals surface area (Å²) in [4.78, 5) is 31.8. The molecule has 126 valence electrons. The minimum absolute atomic E-state index is 0.0696. The zero-order valence-electron chi connectivity index (χ0n) is 14.4. The van der Waals surface area contributed by atoms with Gasteiger partial charge in [-0.25, -0.2) is 4.79 Å². The number of amides is 3. The maximum absolute atomic E-state index is 12.4. The van der Waals surface area contributed by atoms with Crippen LogP contribution < -0.4 is 5.32 Å². The molecule has 1 aliphatic heterocycles. The van der Waals surface area contributed by atoms with E-state index in [-0.39, 0.29) is 11.9 Å². The van der Waals surface area contributed by atoms with Crippen LogP contribution in [0, 0.1) is 19.8 Å². The number of anilines is 1. The molecule has 0 bridgehead atoms. The van der Waals surface area contributed by atoms with Crippen LogP contribution in [-0.4, -0.2) is 53.9 Å². The first kappa shape index (κ1) is 17.2. The Labute approximate surface area is 137 Å². The number of nitrogens with zero attached hydrogens (tertiary/aromatic N) is 3. The number of hydrogen-bond donors (Lipinski definition) is 1. The number of hydrogen-bond acceptors (Lipinski definition) is 3. The molecule has 0 radical (unpaired) electrons. The third kappa shape index (κ3) is 4.43. The molecule has 2 heterocycles. The highest BCUT2D eigenvalue weighted by Gasteiger charge is 2.25. The predicted molar refractivity (Wildman–Crippen MR) is 90.3 cm³/mol. The van der Waals surface area contributed by atoms with Gasteiger partial charge in [-0.2, -0.15) is 0 Å². The second-order valence-corrected chi connectivity index (χ2v) is 6.50. The standard InChI is InChI=1S/C17H26N4O2/c1-12-10-18-11-13(2)16(12)19-17(23)21-7-5-14(6-8-21)9-15(22)20(3)4/h10-11,14H,5-9H2,1-4H3,(H,18,19,23). The van der Waals surface area contributed by atoms with Gasteiger partial charge >= 0.3 is 6.03 Å². The number of aryl methyl sites for hydroxylation is 2. The Hall–Kier alpha value is -2.11. The highest BCUT2D eigenvalue weighted by molar-refractivity contribution is 5.91. The van der Waals surface area contributed by atoms with Gasteiger partial charge in [0, 0.05) is 46.0 Å². The molecule has 1 aromatic rings. The fraction of sp³-hybridized carbons (Fsp3) is 0.588. The van der Waals surface area contributed by atoms with Crippen LogP contribution in [-0.2, 0) is 4.79 Å². The number of carbonyl (C=O) groups is 2. The summed E-state index contributed by atoms with van der Waals surface area (Å²) in [6.07, 6.45) is 5.83. The average Bonchev–Trinajstić information content (AvgIpc) is 2.51. The van der Waals surface area contributed by atoms with Crippen LogP contribution in [0.4, 0.5) is 10.5 Å². The lowest BCUT2D eigenvalue weighted by Crippen LogP contribution is -2.42. The Balaban J connectivity index is 1.88. The SMILES string of the molecule is Cc1cncc(C)c1NC(=O)N1CCC(CC(=O)N(C)C)CC1. The highest BCUT2D eigenvalue weighted by Crippen LogP contribution is 2.23. The van der Waals surface area contributed by atoms with Gasteiger partial charge in [-0.1, -0.05) is 0 Å². The summed E-state index contributed by atoms with van der Waals surface area (Å²) in [5.41, 5.74) is 2.77. The number of likely N-dealkylation sites (tertiary alicyclic amines) is 1. The summed E-state index contributed by atoms with van der Waals surface area (Å²) < 4.78 is 0. The fourth-order valence-electron chi connectivity index (χ4n) is 2.85. The van der Waals surface area contributed by atoms with E-state index in [1.54, 1.807) is 31.4 Å². The zero-order valence-corrected chi connectivity index (χ0v) is 14.4. The fourth-order valence-corrected chi connectivity index (χ4v) is 2.85. The van der Waals surface area contributed by atoms with Gasteiger partial charge in [0.1, 0.15) is 0 Å². The van der Waals surface area contributed by atoms with E-state index in [9.17, 15) is 9.59 Å². The second-order valence-electron chi connectivity index (χ2n) is 6.50. The molecular weight excluding hydrogens is 292 g/mol. The molecule has 0 aliphatic carbocycles. The van der Waals surface area contributed by atoms with Gasteiger partial charge in [0.05, 0.1) is 5.69 Å². The van der Waals surface area contributed by atoms with E-state index < -0.39 is 0 Å². The van der Waals surface area contributed by atoms with Gasteiger partial charge in [-0.05, 0) is 43.7 Å². The molecule has 6 nitrogen and oxygen atoms in total. The maximum Gasteiger partial charge on any atom is 0.321 e. The summed E-state index contributed by atoms with van der Waals surface area (Å²) in [6, 6.07) is -0.0696. The van der Waals surface area contributed by atoms with Gasteiger partial charge in [0.2, 0.25) is 5.91 Å². The summed E-state index contributed by atoms with van der Waals surface area (Å²) in [5, 5.41) is 2.99. The predicted octanol–water partition coefficient (Wildman–Crippen LogP) is 2.42. The first-order valence-electron chi connectivity index (χ1n) is 8.05. The molecule has 1 aliphatic rings. The van der Waals surface area contributed by atoms with Gasteiger partial charge < -0.3 is 15.1 Å². The van der Waals surface area contributed by atoms with Gasteiger partial charge in [-0.15, -0.1) is 0 Å². The smallest absolute Gasteiger partial charge is 0.321 e. The molecule has 1 saturated heterocycles. The lowest BCUT2D eigenvalue weighted by Gasteiger charge is -2.32. The molecule has 0 aromatic carbocycles. The average molecular weight is 318 g/mol. The van der Waals surface area contributed by atoms with E-state index in [0.717, 1.165) is 29.7 Å². The van der Waals surface area contributed by atoms with E-state index in [1.807, 2.05) is 18.7 Å². The van der Waals surface area contributed by atoms with Crippen LogP contribution >= 0.6 is 0 Å². The first-order chi connectivity index (χ1) is 10.9. The largest absolute Gasteiger partial charge is 0.349 e. The number of pyridine rings is 1. The Kier molecular flexibility index (Phi) is 5.58. The van der Waals surface area contributed by atoms with Crippen molar-refractivity contribution in [3.8, 4) is 0 Å². The number of urea groups is 1. The van der Waals surface area contributed by atoms with Crippen molar-refractivity contribution in [1.29, 1.82) is 0 Å². The Bertz CT molecular complexity index is 558. The van der Waals surface area contributed by atoms with Crippen molar-refractivity contribution in [3.63, 3.8) is 0 Å². The molecule has 2 rings (SSSR count). The van der Waals surface area contributed by atoms with Crippen molar-refractivity contribution in [2.45, 2.75) is 33.1 Å². The molecule has 0 unspecified atom stereocenters. The molecule has 6 heteroatoms. The lowest BCUT2D eigenvalue weighted by molar-refractivity contribution is -0.129. The Morgan fingerprint density at radius 2 is 1.78 bits per heavy atom. The van der Waals surface area contributed by atoms with E-state index in [1.165, 1.54) is 0 Å². The normalized spacial score (nSPS) is 15.4. The Morgan fingerprint density at radius 3 is 2.30 bits per heavy atom. The number of carbonyl (C=O) groups excluding carboxylic acids is 2. The maximum atomic E-state index is 12.4. The van der Waals surface area contributed by atoms with E-state index in [4.69, 9.17) is 0 Å². The minimum atomic E-state index is -0.0696. The molecule has 0 spiro atoms. The van der Waals surface area contributed by atoms with Crippen molar-refractivity contribution in [3.05, 3.63) is 23.5 Å². The number of rotatable bonds is 3. The van der Waals surface area contributed by atoms with Crippen molar-refractivity contribution in [2.24, 2.45) is 5.92 Å². The first-order valence-corrected chi connectivity index (χ1v) is 8.05. The van der Waals surface area contributed by atoms with Crippen LogP contribution in [0.5, 0.6) is 0 Å². The molecule has 1 aromatic heterocycles. The van der Waals surface area contributed by atoms with Crippen LogP contribution in [0.25, 0.3) is 0 Å². The second kappa shape index (κ2) is 7.44. The summed E-state index contributed by atoms with van der Waals surface area (Å²) in [6.45, 7) is 5.27. The van der Waals surface area contributed by atoms with Crippen LogP contribution in [0.15, 0.2) is 12.4 Å². The summed E-state index contributed by atoms with van der Waals surface area (Å²) >= 11 is 0. The van der Waals surface area contributed by atoms with Crippen molar-refractivity contribution in [1.82, 2.24) is 14.8 Å². The number of piperidine rings is 1. The van der Waals surface area contributed by atoms with E-state index in [0.29, 0.717) is 25.4 Å². The minimum Gasteiger partial charge on any atom is -0.349 e.